The zero-order chi connectivity index (χ0) is 19.6. The quantitative estimate of drug-likeness (QED) is 0.876. The summed E-state index contributed by atoms with van der Waals surface area (Å²) in [5, 5.41) is 2.86. The molecule has 0 radical (unpaired) electrons. The highest BCUT2D eigenvalue weighted by Gasteiger charge is 2.24. The van der Waals surface area contributed by atoms with Gasteiger partial charge in [0, 0.05) is 24.8 Å². The van der Waals surface area contributed by atoms with Gasteiger partial charge in [-0.25, -0.2) is 0 Å². The summed E-state index contributed by atoms with van der Waals surface area (Å²) < 4.78 is 15.9. The van der Waals surface area contributed by atoms with Crippen LogP contribution in [0.25, 0.3) is 0 Å². The van der Waals surface area contributed by atoms with Gasteiger partial charge < -0.3 is 24.4 Å². The first-order chi connectivity index (χ1) is 13.0. The highest BCUT2D eigenvalue weighted by Crippen LogP contribution is 2.40. The largest absolute Gasteiger partial charge is 0.493 e. The summed E-state index contributed by atoms with van der Waals surface area (Å²) in [6, 6.07) is 8.84. The number of nitrogens with zero attached hydrogens (tertiary/aromatic N) is 1. The lowest BCUT2D eigenvalue weighted by Gasteiger charge is -2.17. The van der Waals surface area contributed by atoms with Crippen molar-refractivity contribution in [3.05, 3.63) is 41.5 Å². The van der Waals surface area contributed by atoms with E-state index in [4.69, 9.17) is 14.2 Å². The number of methoxy groups -OCH3 is 3. The van der Waals surface area contributed by atoms with Crippen LogP contribution in [0, 0.1) is 0 Å². The van der Waals surface area contributed by atoms with E-state index < -0.39 is 0 Å². The van der Waals surface area contributed by atoms with Crippen LogP contribution in [0.1, 0.15) is 22.8 Å². The maximum atomic E-state index is 12.8. The topological polar surface area (TPSA) is 77.1 Å². The Hall–Kier alpha value is -3.22. The average molecular weight is 370 g/mol. The number of carbonyl (C=O) groups is 2. The Bertz CT molecular complexity index is 894. The van der Waals surface area contributed by atoms with Gasteiger partial charge in [-0.2, -0.15) is 0 Å². The van der Waals surface area contributed by atoms with E-state index in [9.17, 15) is 9.59 Å². The number of amides is 2. The van der Waals surface area contributed by atoms with Gasteiger partial charge in [0.15, 0.2) is 11.5 Å². The lowest BCUT2D eigenvalue weighted by atomic mass is 10.1. The van der Waals surface area contributed by atoms with Crippen molar-refractivity contribution in [3.63, 3.8) is 0 Å². The fourth-order valence-electron chi connectivity index (χ4n) is 3.26. The predicted octanol–water partition coefficient (Wildman–Crippen LogP) is 2.87. The minimum Gasteiger partial charge on any atom is -0.493 e. The normalized spacial score (nSPS) is 12.4. The van der Waals surface area contributed by atoms with Gasteiger partial charge in [0.2, 0.25) is 11.7 Å². The third kappa shape index (κ3) is 3.40. The fraction of sp³-hybridized carbons (Fsp3) is 0.300. The molecule has 0 unspecified atom stereocenters. The predicted molar refractivity (Wildman–Crippen MR) is 102 cm³/mol. The number of fused-ring (bicyclic) bond motifs is 1. The van der Waals surface area contributed by atoms with Gasteiger partial charge in [-0.1, -0.05) is 6.07 Å². The smallest absolute Gasteiger partial charge is 0.259 e. The Labute approximate surface area is 157 Å². The molecule has 7 heteroatoms. The van der Waals surface area contributed by atoms with E-state index in [0.29, 0.717) is 35.0 Å². The Morgan fingerprint density at radius 3 is 2.37 bits per heavy atom. The van der Waals surface area contributed by atoms with E-state index in [0.717, 1.165) is 17.7 Å². The average Bonchev–Trinajstić information content (AvgIpc) is 3.09. The van der Waals surface area contributed by atoms with Crippen LogP contribution >= 0.6 is 0 Å². The molecule has 0 aliphatic carbocycles. The van der Waals surface area contributed by atoms with E-state index in [2.05, 4.69) is 5.32 Å². The van der Waals surface area contributed by atoms with Gasteiger partial charge in [-0.3, -0.25) is 9.59 Å². The van der Waals surface area contributed by atoms with E-state index >= 15 is 0 Å². The number of nitrogens with one attached hydrogen (secondary N) is 1. The first kappa shape index (κ1) is 18.6. The Kier molecular flexibility index (Phi) is 5.21. The molecule has 3 rings (SSSR count). The van der Waals surface area contributed by atoms with Crippen molar-refractivity contribution in [2.24, 2.45) is 0 Å². The number of anilines is 2. The van der Waals surface area contributed by atoms with Gasteiger partial charge in [-0.05, 0) is 36.2 Å². The van der Waals surface area contributed by atoms with Gasteiger partial charge in [-0.15, -0.1) is 0 Å². The van der Waals surface area contributed by atoms with Crippen molar-refractivity contribution < 1.29 is 23.8 Å². The molecule has 142 valence electrons. The van der Waals surface area contributed by atoms with Crippen LogP contribution in [0.3, 0.4) is 0 Å². The number of ether oxygens (including phenoxy) is 3. The molecular formula is C20H22N2O5. The van der Waals surface area contributed by atoms with Gasteiger partial charge >= 0.3 is 0 Å². The Morgan fingerprint density at radius 1 is 1.00 bits per heavy atom. The second-order valence-corrected chi connectivity index (χ2v) is 6.10. The fourth-order valence-corrected chi connectivity index (χ4v) is 3.26. The molecule has 1 heterocycles. The molecule has 0 bridgehead atoms. The summed E-state index contributed by atoms with van der Waals surface area (Å²) in [6.07, 6.45) is 0.812. The molecule has 1 aliphatic rings. The van der Waals surface area contributed by atoms with Crippen LogP contribution in [0.5, 0.6) is 17.2 Å². The molecule has 27 heavy (non-hydrogen) atoms. The van der Waals surface area contributed by atoms with Crippen molar-refractivity contribution in [2.75, 3.05) is 38.1 Å². The molecular weight excluding hydrogens is 348 g/mol. The number of carbonyl (C=O) groups excluding carboxylic acids is 2. The molecule has 0 fully saturated rings. The first-order valence-corrected chi connectivity index (χ1v) is 8.51. The molecule has 2 amide bonds. The van der Waals surface area contributed by atoms with Crippen molar-refractivity contribution in [1.82, 2.24) is 0 Å². The van der Waals surface area contributed by atoms with Crippen LogP contribution in [0.4, 0.5) is 11.4 Å². The zero-order valence-corrected chi connectivity index (χ0v) is 15.8. The van der Waals surface area contributed by atoms with Crippen molar-refractivity contribution in [1.29, 1.82) is 0 Å². The molecule has 0 atom stereocenters. The third-order valence-electron chi connectivity index (χ3n) is 4.57. The number of hydrogen-bond acceptors (Lipinski definition) is 5. The van der Waals surface area contributed by atoms with Crippen LogP contribution < -0.4 is 24.4 Å². The number of rotatable bonds is 5. The highest BCUT2D eigenvalue weighted by molar-refractivity contribution is 6.07. The van der Waals surface area contributed by atoms with Crippen LogP contribution in [-0.2, 0) is 11.2 Å². The van der Waals surface area contributed by atoms with E-state index in [1.165, 1.54) is 28.3 Å². The summed E-state index contributed by atoms with van der Waals surface area (Å²) >= 11 is 0. The second kappa shape index (κ2) is 7.57. The lowest BCUT2D eigenvalue weighted by Crippen LogP contribution is -2.25. The van der Waals surface area contributed by atoms with Gasteiger partial charge in [0.1, 0.15) is 0 Å². The molecule has 0 aromatic heterocycles. The lowest BCUT2D eigenvalue weighted by molar-refractivity contribution is -0.116. The monoisotopic (exact) mass is 370 g/mol. The third-order valence-corrected chi connectivity index (χ3v) is 4.57. The van der Waals surface area contributed by atoms with Gasteiger partial charge in [0.05, 0.1) is 26.9 Å². The van der Waals surface area contributed by atoms with Crippen LogP contribution in [0.2, 0.25) is 0 Å². The summed E-state index contributed by atoms with van der Waals surface area (Å²) in [4.78, 5) is 26.3. The molecule has 0 spiro atoms. The Morgan fingerprint density at radius 2 is 1.74 bits per heavy atom. The molecule has 2 aromatic carbocycles. The maximum absolute atomic E-state index is 12.8. The molecule has 1 aliphatic heterocycles. The Balaban J connectivity index is 1.91. The van der Waals surface area contributed by atoms with E-state index in [1.54, 1.807) is 17.0 Å². The van der Waals surface area contributed by atoms with Crippen LogP contribution in [0.15, 0.2) is 30.3 Å². The highest BCUT2D eigenvalue weighted by atomic mass is 16.5. The second-order valence-electron chi connectivity index (χ2n) is 6.10. The maximum Gasteiger partial charge on any atom is 0.259 e. The summed E-state index contributed by atoms with van der Waals surface area (Å²) in [5.41, 5.74) is 2.84. The molecule has 0 saturated carbocycles. The van der Waals surface area contributed by atoms with Crippen molar-refractivity contribution >= 4 is 23.2 Å². The minimum atomic E-state index is -0.347. The standard InChI is InChI=1S/C20H22N2O5/c1-12(23)22-10-9-13-5-6-14(11-16(13)22)21-20(24)15-7-8-17(25-2)19(27-4)18(15)26-3/h5-8,11H,9-10H2,1-4H3,(H,21,24). The number of hydrogen-bond donors (Lipinski definition) is 1. The van der Waals surface area contributed by atoms with Gasteiger partial charge in [0.25, 0.3) is 5.91 Å². The zero-order valence-electron chi connectivity index (χ0n) is 15.8. The van der Waals surface area contributed by atoms with Crippen LogP contribution in [-0.4, -0.2) is 39.7 Å². The number of benzene rings is 2. The first-order valence-electron chi connectivity index (χ1n) is 8.51. The molecule has 0 saturated heterocycles. The van der Waals surface area contributed by atoms with Crippen molar-refractivity contribution in [2.45, 2.75) is 13.3 Å². The summed E-state index contributed by atoms with van der Waals surface area (Å²) in [6.45, 7) is 2.19. The minimum absolute atomic E-state index is 0.0150. The SMILES string of the molecule is COc1ccc(C(=O)Nc2ccc3c(c2)N(C(C)=O)CC3)c(OC)c1OC. The molecule has 2 aromatic rings. The molecule has 7 nitrogen and oxygen atoms in total. The molecule has 1 N–H and O–H groups in total. The van der Waals surface area contributed by atoms with E-state index in [-0.39, 0.29) is 11.8 Å². The summed E-state index contributed by atoms with van der Waals surface area (Å²) in [7, 11) is 4.47. The summed E-state index contributed by atoms with van der Waals surface area (Å²) in [5.74, 6) is 0.754. The van der Waals surface area contributed by atoms with E-state index in [1.807, 2.05) is 18.2 Å². The van der Waals surface area contributed by atoms with Crippen molar-refractivity contribution in [3.8, 4) is 17.2 Å².